The van der Waals surface area contributed by atoms with E-state index in [9.17, 15) is 0 Å². The van der Waals surface area contributed by atoms with Gasteiger partial charge in [0, 0.05) is 44.0 Å². The summed E-state index contributed by atoms with van der Waals surface area (Å²) in [7, 11) is 4.02. The molecule has 0 bridgehead atoms. The first-order valence-electron chi connectivity index (χ1n) is 8.15. The third-order valence-corrected chi connectivity index (χ3v) is 4.45. The quantitative estimate of drug-likeness (QED) is 0.735. The molecular weight excluding hydrogens is 318 g/mol. The highest BCUT2D eigenvalue weighted by Crippen LogP contribution is 2.23. The zero-order valence-electron chi connectivity index (χ0n) is 14.6. The first-order valence-corrected chi connectivity index (χ1v) is 8.92. The summed E-state index contributed by atoms with van der Waals surface area (Å²) in [5.74, 6) is 2.45. The molecule has 1 aromatic carbocycles. The monoisotopic (exact) mass is 341 g/mol. The van der Waals surface area contributed by atoms with Crippen LogP contribution < -0.4 is 10.2 Å². The molecule has 0 atom stereocenters. The normalized spacial score (nSPS) is 11.2. The van der Waals surface area contributed by atoms with Crippen LogP contribution in [0.3, 0.4) is 0 Å². The highest BCUT2D eigenvalue weighted by Gasteiger charge is 2.09. The largest absolute Gasteiger partial charge is 0.363 e. The molecular formula is C18H23N5S. The van der Waals surface area contributed by atoms with Gasteiger partial charge in [0.1, 0.15) is 11.6 Å². The number of rotatable bonds is 6. The standard InChI is InChI=1S/C18H23N5S/c1-12(2)9-16-21-18(24-22-16)19-11-13-10-17(23(3)4)20-15-8-6-5-7-14(13)15/h5-8,10,12H,9,11H2,1-4H3,(H,19,21,22). The van der Waals surface area contributed by atoms with Gasteiger partial charge in [-0.05, 0) is 23.6 Å². The fraction of sp³-hybridized carbons (Fsp3) is 0.389. The third kappa shape index (κ3) is 3.82. The Morgan fingerprint density at radius 3 is 2.71 bits per heavy atom. The van der Waals surface area contributed by atoms with Crippen LogP contribution in [0.1, 0.15) is 25.2 Å². The van der Waals surface area contributed by atoms with Crippen molar-refractivity contribution in [1.82, 2.24) is 14.3 Å². The maximum atomic E-state index is 4.70. The summed E-state index contributed by atoms with van der Waals surface area (Å²) in [5.41, 5.74) is 2.23. The Kier molecular flexibility index (Phi) is 4.94. The lowest BCUT2D eigenvalue weighted by atomic mass is 10.1. The zero-order chi connectivity index (χ0) is 17.1. The van der Waals surface area contributed by atoms with Gasteiger partial charge >= 0.3 is 0 Å². The third-order valence-electron chi connectivity index (χ3n) is 3.74. The van der Waals surface area contributed by atoms with Crippen molar-refractivity contribution in [3.8, 4) is 0 Å². The summed E-state index contributed by atoms with van der Waals surface area (Å²) in [6.07, 6.45) is 0.918. The van der Waals surface area contributed by atoms with Crippen molar-refractivity contribution in [1.29, 1.82) is 0 Å². The molecule has 0 unspecified atom stereocenters. The summed E-state index contributed by atoms with van der Waals surface area (Å²) in [6.45, 7) is 5.07. The van der Waals surface area contributed by atoms with Gasteiger partial charge in [-0.15, -0.1) is 0 Å². The fourth-order valence-corrected chi connectivity index (χ4v) is 3.14. The molecule has 0 fully saturated rings. The summed E-state index contributed by atoms with van der Waals surface area (Å²) in [4.78, 5) is 11.3. The van der Waals surface area contributed by atoms with Crippen molar-refractivity contribution in [2.75, 3.05) is 24.3 Å². The fourth-order valence-electron chi connectivity index (χ4n) is 2.55. The van der Waals surface area contributed by atoms with Crippen molar-refractivity contribution < 1.29 is 0 Å². The van der Waals surface area contributed by atoms with Crippen LogP contribution in [0.5, 0.6) is 0 Å². The van der Waals surface area contributed by atoms with E-state index in [0.29, 0.717) is 12.5 Å². The summed E-state index contributed by atoms with van der Waals surface area (Å²) in [5, 5.41) is 5.45. The number of hydrogen-bond acceptors (Lipinski definition) is 6. The second-order valence-corrected chi connectivity index (χ2v) is 7.27. The van der Waals surface area contributed by atoms with Crippen molar-refractivity contribution in [2.24, 2.45) is 5.92 Å². The zero-order valence-corrected chi connectivity index (χ0v) is 15.4. The highest BCUT2D eigenvalue weighted by atomic mass is 32.1. The predicted octanol–water partition coefficient (Wildman–Crippen LogP) is 3.96. The van der Waals surface area contributed by atoms with Gasteiger partial charge in [0.2, 0.25) is 5.13 Å². The lowest BCUT2D eigenvalue weighted by molar-refractivity contribution is 0.627. The van der Waals surface area contributed by atoms with Crippen LogP contribution >= 0.6 is 11.5 Å². The Bertz CT molecular complexity index is 825. The molecule has 2 aromatic heterocycles. The molecule has 3 rings (SSSR count). The Labute approximate surface area is 146 Å². The number of para-hydroxylation sites is 1. The van der Waals surface area contributed by atoms with Gasteiger partial charge in [0.05, 0.1) is 5.52 Å². The Hall–Kier alpha value is -2.21. The van der Waals surface area contributed by atoms with Gasteiger partial charge in [-0.25, -0.2) is 9.97 Å². The number of fused-ring (bicyclic) bond motifs is 1. The predicted molar refractivity (Wildman–Crippen MR) is 102 cm³/mol. The van der Waals surface area contributed by atoms with E-state index in [-0.39, 0.29) is 0 Å². The maximum Gasteiger partial charge on any atom is 0.202 e. The van der Waals surface area contributed by atoms with E-state index in [0.717, 1.165) is 28.7 Å². The molecule has 0 saturated carbocycles. The van der Waals surface area contributed by atoms with E-state index >= 15 is 0 Å². The molecule has 24 heavy (non-hydrogen) atoms. The average molecular weight is 341 g/mol. The lowest BCUT2D eigenvalue weighted by Crippen LogP contribution is -2.12. The molecule has 6 heteroatoms. The molecule has 5 nitrogen and oxygen atoms in total. The summed E-state index contributed by atoms with van der Waals surface area (Å²) < 4.78 is 4.42. The van der Waals surface area contributed by atoms with Crippen molar-refractivity contribution in [3.05, 3.63) is 41.7 Å². The van der Waals surface area contributed by atoms with E-state index in [1.165, 1.54) is 22.5 Å². The van der Waals surface area contributed by atoms with E-state index in [4.69, 9.17) is 4.98 Å². The second-order valence-electron chi connectivity index (χ2n) is 6.52. The minimum Gasteiger partial charge on any atom is -0.363 e. The minimum atomic E-state index is 0.569. The number of benzene rings is 1. The van der Waals surface area contributed by atoms with Crippen molar-refractivity contribution >= 4 is 33.4 Å². The Morgan fingerprint density at radius 1 is 1.17 bits per heavy atom. The van der Waals surface area contributed by atoms with Crippen LogP contribution in [-0.4, -0.2) is 28.4 Å². The maximum absolute atomic E-state index is 4.70. The molecule has 0 aliphatic heterocycles. The van der Waals surface area contributed by atoms with Gasteiger partial charge in [0.25, 0.3) is 0 Å². The molecule has 0 aliphatic carbocycles. The van der Waals surface area contributed by atoms with E-state index < -0.39 is 0 Å². The van der Waals surface area contributed by atoms with Crippen LogP contribution in [-0.2, 0) is 13.0 Å². The first-order chi connectivity index (χ1) is 11.5. The average Bonchev–Trinajstić information content (AvgIpc) is 2.98. The van der Waals surface area contributed by atoms with Gasteiger partial charge in [0.15, 0.2) is 0 Å². The molecule has 3 aromatic rings. The Morgan fingerprint density at radius 2 is 1.96 bits per heavy atom. The van der Waals surface area contributed by atoms with Gasteiger partial charge in [-0.1, -0.05) is 32.0 Å². The van der Waals surface area contributed by atoms with E-state index in [1.807, 2.05) is 25.1 Å². The van der Waals surface area contributed by atoms with Gasteiger partial charge in [-0.3, -0.25) is 0 Å². The number of aromatic nitrogens is 3. The van der Waals surface area contributed by atoms with Crippen molar-refractivity contribution in [3.63, 3.8) is 0 Å². The first kappa shape index (κ1) is 16.6. The molecule has 0 amide bonds. The highest BCUT2D eigenvalue weighted by molar-refractivity contribution is 7.09. The topological polar surface area (TPSA) is 53.9 Å². The van der Waals surface area contributed by atoms with Crippen LogP contribution in [0.2, 0.25) is 0 Å². The van der Waals surface area contributed by atoms with Crippen LogP contribution in [0.25, 0.3) is 10.9 Å². The van der Waals surface area contributed by atoms with Crippen molar-refractivity contribution in [2.45, 2.75) is 26.8 Å². The SMILES string of the molecule is CC(C)Cc1nsc(NCc2cc(N(C)C)nc3ccccc23)n1. The molecule has 1 N–H and O–H groups in total. The number of hydrogen-bond donors (Lipinski definition) is 1. The minimum absolute atomic E-state index is 0.569. The van der Waals surface area contributed by atoms with Gasteiger partial charge < -0.3 is 10.2 Å². The molecule has 0 spiro atoms. The molecule has 126 valence electrons. The van der Waals surface area contributed by atoms with Gasteiger partial charge in [-0.2, -0.15) is 4.37 Å². The molecule has 0 radical (unpaired) electrons. The van der Waals surface area contributed by atoms with E-state index in [2.05, 4.69) is 52.8 Å². The van der Waals surface area contributed by atoms with Crippen LogP contribution in [0.4, 0.5) is 10.9 Å². The number of nitrogens with one attached hydrogen (secondary N) is 1. The number of pyridine rings is 1. The second kappa shape index (κ2) is 7.13. The van der Waals surface area contributed by atoms with Crippen LogP contribution in [0, 0.1) is 5.92 Å². The number of nitrogens with zero attached hydrogens (tertiary/aromatic N) is 4. The lowest BCUT2D eigenvalue weighted by Gasteiger charge is -2.15. The van der Waals surface area contributed by atoms with E-state index in [1.54, 1.807) is 0 Å². The molecule has 0 saturated heterocycles. The Balaban J connectivity index is 1.82. The molecule has 2 heterocycles. The molecule has 0 aliphatic rings. The van der Waals surface area contributed by atoms with Crippen LogP contribution in [0.15, 0.2) is 30.3 Å². The number of anilines is 2. The summed E-state index contributed by atoms with van der Waals surface area (Å²) >= 11 is 1.43. The smallest absolute Gasteiger partial charge is 0.202 e. The summed E-state index contributed by atoms with van der Waals surface area (Å²) in [6, 6.07) is 10.4.